The lowest BCUT2D eigenvalue weighted by Gasteiger charge is -2.30. The molecular formula is C15H22O. The molecule has 0 heterocycles. The predicted octanol–water partition coefficient (Wildman–Crippen LogP) is 3.48. The molecule has 0 bridgehead atoms. The normalized spacial score (nSPS) is 20.9. The summed E-state index contributed by atoms with van der Waals surface area (Å²) in [5.74, 6) is 0. The molecule has 0 aliphatic heterocycles. The third-order valence-electron chi connectivity index (χ3n) is 4.06. The van der Waals surface area contributed by atoms with Gasteiger partial charge < -0.3 is 5.11 Å². The van der Waals surface area contributed by atoms with E-state index in [1.807, 2.05) is 0 Å². The lowest BCUT2D eigenvalue weighted by molar-refractivity contribution is 0.0424. The van der Waals surface area contributed by atoms with Crippen LogP contribution >= 0.6 is 0 Å². The number of aliphatic hydroxyl groups is 1. The monoisotopic (exact) mass is 218 g/mol. The molecule has 0 saturated heterocycles. The Hall–Kier alpha value is -0.820. The average Bonchev–Trinajstić information content (AvgIpc) is 2.66. The predicted molar refractivity (Wildman–Crippen MR) is 67.5 cm³/mol. The molecule has 0 aromatic heterocycles. The molecule has 0 radical (unpaired) electrons. The minimum absolute atomic E-state index is 0.156. The van der Waals surface area contributed by atoms with Crippen molar-refractivity contribution >= 4 is 0 Å². The fourth-order valence-electron chi connectivity index (χ4n) is 2.82. The third-order valence-corrected chi connectivity index (χ3v) is 4.06. The first kappa shape index (κ1) is 11.7. The van der Waals surface area contributed by atoms with Crippen LogP contribution in [0, 0.1) is 12.3 Å². The van der Waals surface area contributed by atoms with Crippen LogP contribution in [0.3, 0.4) is 0 Å². The molecule has 0 spiro atoms. The van der Waals surface area contributed by atoms with Crippen LogP contribution in [0.25, 0.3) is 0 Å². The molecule has 1 aliphatic carbocycles. The van der Waals surface area contributed by atoms with Crippen LogP contribution in [0.2, 0.25) is 0 Å². The topological polar surface area (TPSA) is 20.2 Å². The minimum atomic E-state index is -0.184. The quantitative estimate of drug-likeness (QED) is 0.823. The SMILES string of the molecule is Cc1cccc(CC(O)C2(C)CCCC2)c1. The van der Waals surface area contributed by atoms with Crippen LogP contribution in [-0.2, 0) is 6.42 Å². The highest BCUT2D eigenvalue weighted by atomic mass is 16.3. The summed E-state index contributed by atoms with van der Waals surface area (Å²) in [6.07, 6.45) is 5.54. The van der Waals surface area contributed by atoms with Gasteiger partial charge in [-0.25, -0.2) is 0 Å². The largest absolute Gasteiger partial charge is 0.392 e. The maximum absolute atomic E-state index is 10.4. The zero-order chi connectivity index (χ0) is 11.6. The van der Waals surface area contributed by atoms with E-state index in [1.165, 1.54) is 36.8 Å². The Morgan fingerprint density at radius 1 is 1.31 bits per heavy atom. The lowest BCUT2D eigenvalue weighted by Crippen LogP contribution is -2.31. The Bertz CT molecular complexity index is 350. The van der Waals surface area contributed by atoms with Crippen LogP contribution in [0.4, 0.5) is 0 Å². The molecule has 1 saturated carbocycles. The van der Waals surface area contributed by atoms with Crippen molar-refractivity contribution in [1.29, 1.82) is 0 Å². The average molecular weight is 218 g/mol. The Balaban J connectivity index is 2.04. The van der Waals surface area contributed by atoms with Crippen LogP contribution in [-0.4, -0.2) is 11.2 Å². The minimum Gasteiger partial charge on any atom is -0.392 e. The maximum Gasteiger partial charge on any atom is 0.0634 e. The van der Waals surface area contributed by atoms with Crippen LogP contribution in [0.1, 0.15) is 43.7 Å². The van der Waals surface area contributed by atoms with Crippen molar-refractivity contribution in [3.63, 3.8) is 0 Å². The van der Waals surface area contributed by atoms with Gasteiger partial charge in [0.1, 0.15) is 0 Å². The van der Waals surface area contributed by atoms with Gasteiger partial charge in [0.05, 0.1) is 6.10 Å². The van der Waals surface area contributed by atoms with Gasteiger partial charge in [-0.2, -0.15) is 0 Å². The van der Waals surface area contributed by atoms with E-state index in [0.29, 0.717) is 0 Å². The van der Waals surface area contributed by atoms with Crippen molar-refractivity contribution in [3.05, 3.63) is 35.4 Å². The number of aryl methyl sites for hydroxylation is 1. The van der Waals surface area contributed by atoms with Gasteiger partial charge in [0, 0.05) is 0 Å². The Labute approximate surface area is 98.5 Å². The van der Waals surface area contributed by atoms with Crippen LogP contribution in [0.15, 0.2) is 24.3 Å². The van der Waals surface area contributed by atoms with E-state index in [1.54, 1.807) is 0 Å². The van der Waals surface area contributed by atoms with Gasteiger partial charge in [0.15, 0.2) is 0 Å². The molecule has 1 aliphatic rings. The first-order valence-corrected chi connectivity index (χ1v) is 6.34. The fraction of sp³-hybridized carbons (Fsp3) is 0.600. The Morgan fingerprint density at radius 2 is 2.00 bits per heavy atom. The highest BCUT2D eigenvalue weighted by molar-refractivity contribution is 5.23. The number of rotatable bonds is 3. The van der Waals surface area contributed by atoms with Crippen molar-refractivity contribution in [2.24, 2.45) is 5.41 Å². The Morgan fingerprint density at radius 3 is 2.62 bits per heavy atom. The van der Waals surface area contributed by atoms with E-state index in [9.17, 15) is 5.11 Å². The first-order valence-electron chi connectivity index (χ1n) is 6.34. The molecule has 1 aromatic rings. The standard InChI is InChI=1S/C15H22O/c1-12-6-5-7-13(10-12)11-14(16)15(2)8-3-4-9-15/h5-7,10,14,16H,3-4,8-9,11H2,1-2H3. The molecule has 1 nitrogen and oxygen atoms in total. The van der Waals surface area contributed by atoms with Gasteiger partial charge in [-0.1, -0.05) is 49.6 Å². The summed E-state index contributed by atoms with van der Waals surface area (Å²) in [5.41, 5.74) is 2.70. The third kappa shape index (κ3) is 2.46. The number of aliphatic hydroxyl groups excluding tert-OH is 1. The molecule has 1 unspecified atom stereocenters. The van der Waals surface area contributed by atoms with Crippen molar-refractivity contribution in [2.75, 3.05) is 0 Å². The second-order valence-corrected chi connectivity index (χ2v) is 5.57. The van der Waals surface area contributed by atoms with E-state index >= 15 is 0 Å². The zero-order valence-electron chi connectivity index (χ0n) is 10.4. The summed E-state index contributed by atoms with van der Waals surface area (Å²) in [6.45, 7) is 4.34. The summed E-state index contributed by atoms with van der Waals surface area (Å²) in [5, 5.41) is 10.4. The van der Waals surface area contributed by atoms with Crippen molar-refractivity contribution < 1.29 is 5.11 Å². The number of hydrogen-bond donors (Lipinski definition) is 1. The van der Waals surface area contributed by atoms with Crippen molar-refractivity contribution in [2.45, 2.75) is 52.1 Å². The summed E-state index contributed by atoms with van der Waals surface area (Å²) in [6, 6.07) is 8.48. The van der Waals surface area contributed by atoms with Crippen molar-refractivity contribution in [3.8, 4) is 0 Å². The molecule has 0 amide bonds. The van der Waals surface area contributed by atoms with Gasteiger partial charge >= 0.3 is 0 Å². The lowest BCUT2D eigenvalue weighted by atomic mass is 9.80. The molecule has 2 rings (SSSR count). The van der Waals surface area contributed by atoms with E-state index in [4.69, 9.17) is 0 Å². The Kier molecular flexibility index (Phi) is 3.34. The maximum atomic E-state index is 10.4. The number of hydrogen-bond acceptors (Lipinski definition) is 1. The van der Waals surface area contributed by atoms with Gasteiger partial charge in [0.2, 0.25) is 0 Å². The van der Waals surface area contributed by atoms with Gasteiger partial charge in [0.25, 0.3) is 0 Å². The first-order chi connectivity index (χ1) is 7.60. The smallest absolute Gasteiger partial charge is 0.0634 e. The summed E-state index contributed by atoms with van der Waals surface area (Å²) in [7, 11) is 0. The van der Waals surface area contributed by atoms with E-state index in [0.717, 1.165) is 6.42 Å². The zero-order valence-corrected chi connectivity index (χ0v) is 10.4. The molecule has 88 valence electrons. The molecule has 1 fully saturated rings. The highest BCUT2D eigenvalue weighted by Gasteiger charge is 2.35. The molecule has 1 atom stereocenters. The van der Waals surface area contributed by atoms with Crippen molar-refractivity contribution in [1.82, 2.24) is 0 Å². The molecule has 16 heavy (non-hydrogen) atoms. The summed E-state index contributed by atoms with van der Waals surface area (Å²) >= 11 is 0. The summed E-state index contributed by atoms with van der Waals surface area (Å²) < 4.78 is 0. The van der Waals surface area contributed by atoms with Gasteiger partial charge in [-0.3, -0.25) is 0 Å². The second kappa shape index (κ2) is 4.58. The second-order valence-electron chi connectivity index (χ2n) is 5.57. The van der Waals surface area contributed by atoms with Crippen LogP contribution < -0.4 is 0 Å². The highest BCUT2D eigenvalue weighted by Crippen LogP contribution is 2.41. The van der Waals surface area contributed by atoms with Gasteiger partial charge in [-0.05, 0) is 37.2 Å². The molecule has 1 aromatic carbocycles. The van der Waals surface area contributed by atoms with Crippen LogP contribution in [0.5, 0.6) is 0 Å². The molecule has 1 heteroatoms. The van der Waals surface area contributed by atoms with Gasteiger partial charge in [-0.15, -0.1) is 0 Å². The van der Waals surface area contributed by atoms with E-state index in [2.05, 4.69) is 38.1 Å². The van der Waals surface area contributed by atoms with E-state index < -0.39 is 0 Å². The number of benzene rings is 1. The van der Waals surface area contributed by atoms with E-state index in [-0.39, 0.29) is 11.5 Å². The fourth-order valence-corrected chi connectivity index (χ4v) is 2.82. The molecule has 1 N–H and O–H groups in total. The molecular weight excluding hydrogens is 196 g/mol. The summed E-state index contributed by atoms with van der Waals surface area (Å²) in [4.78, 5) is 0.